The highest BCUT2D eigenvalue weighted by Gasteiger charge is 2.27. The lowest BCUT2D eigenvalue weighted by atomic mass is 10.1. The molecule has 0 radical (unpaired) electrons. The van der Waals surface area contributed by atoms with Crippen LogP contribution in [0.1, 0.15) is 11.6 Å². The molecule has 178 valence electrons. The van der Waals surface area contributed by atoms with Crippen molar-refractivity contribution in [1.82, 2.24) is 25.4 Å². The summed E-state index contributed by atoms with van der Waals surface area (Å²) in [5.74, 6) is -0.361. The first-order valence-electron chi connectivity index (χ1n) is 11.2. The van der Waals surface area contributed by atoms with Crippen LogP contribution < -0.4 is 20.3 Å². The highest BCUT2D eigenvalue weighted by molar-refractivity contribution is 6.35. The fourth-order valence-corrected chi connectivity index (χ4v) is 3.94. The zero-order chi connectivity index (χ0) is 23.6. The number of aromatic nitrogens is 1. The molecule has 1 unspecified atom stereocenters. The van der Waals surface area contributed by atoms with Crippen molar-refractivity contribution >= 4 is 17.5 Å². The van der Waals surface area contributed by atoms with E-state index in [4.69, 9.17) is 4.74 Å². The number of nitrogens with zero attached hydrogens (tertiary/aromatic N) is 4. The van der Waals surface area contributed by atoms with Gasteiger partial charge in [-0.1, -0.05) is 18.2 Å². The number of rotatable bonds is 9. The molecule has 9 heteroatoms. The maximum atomic E-state index is 12.4. The number of methoxy groups -OCH3 is 1. The Hall–Kier alpha value is -3.17. The molecule has 1 aromatic heterocycles. The van der Waals surface area contributed by atoms with Crippen LogP contribution in [0.2, 0.25) is 0 Å². The smallest absolute Gasteiger partial charge is 0.309 e. The number of piperazine rings is 1. The number of nitrogens with one attached hydrogen (secondary N) is 2. The van der Waals surface area contributed by atoms with Crippen molar-refractivity contribution in [3.8, 4) is 5.75 Å². The number of carbonyl (C=O) groups excluding carboxylic acids is 2. The van der Waals surface area contributed by atoms with Crippen molar-refractivity contribution < 1.29 is 14.3 Å². The van der Waals surface area contributed by atoms with Crippen LogP contribution in [0.25, 0.3) is 0 Å². The number of pyridine rings is 1. The minimum atomic E-state index is -0.615. The lowest BCUT2D eigenvalue weighted by Crippen LogP contribution is -2.51. The van der Waals surface area contributed by atoms with E-state index >= 15 is 0 Å². The Morgan fingerprint density at radius 1 is 1.06 bits per heavy atom. The van der Waals surface area contributed by atoms with E-state index in [1.165, 1.54) is 0 Å². The Labute approximate surface area is 195 Å². The molecule has 1 saturated heterocycles. The van der Waals surface area contributed by atoms with Gasteiger partial charge < -0.3 is 25.2 Å². The minimum Gasteiger partial charge on any atom is -0.495 e. The average Bonchev–Trinajstić information content (AvgIpc) is 2.84. The van der Waals surface area contributed by atoms with Gasteiger partial charge in [-0.15, -0.1) is 0 Å². The molecule has 3 rings (SSSR count). The highest BCUT2D eigenvalue weighted by Crippen LogP contribution is 2.30. The van der Waals surface area contributed by atoms with E-state index in [2.05, 4.69) is 31.5 Å². The zero-order valence-corrected chi connectivity index (χ0v) is 19.7. The van der Waals surface area contributed by atoms with Crippen molar-refractivity contribution in [2.24, 2.45) is 0 Å². The third-order valence-corrected chi connectivity index (χ3v) is 5.76. The summed E-state index contributed by atoms with van der Waals surface area (Å²) in [5, 5.41) is 5.46. The van der Waals surface area contributed by atoms with Crippen molar-refractivity contribution in [3.63, 3.8) is 0 Å². The van der Waals surface area contributed by atoms with Gasteiger partial charge >= 0.3 is 11.8 Å². The van der Waals surface area contributed by atoms with Crippen LogP contribution in [0.15, 0.2) is 48.8 Å². The molecule has 33 heavy (non-hydrogen) atoms. The van der Waals surface area contributed by atoms with Crippen molar-refractivity contribution in [1.29, 1.82) is 0 Å². The lowest BCUT2D eigenvalue weighted by Gasteiger charge is -2.40. The predicted molar refractivity (Wildman–Crippen MR) is 128 cm³/mol. The van der Waals surface area contributed by atoms with Gasteiger partial charge in [-0.25, -0.2) is 0 Å². The fraction of sp³-hybridized carbons (Fsp3) is 0.458. The first-order valence-corrected chi connectivity index (χ1v) is 11.2. The first kappa shape index (κ1) is 24.5. The van der Waals surface area contributed by atoms with Crippen molar-refractivity contribution in [2.75, 3.05) is 71.9 Å². The molecule has 0 bridgehead atoms. The molecular weight excluding hydrogens is 420 g/mol. The number of ether oxygens (including phenoxy) is 1. The first-order chi connectivity index (χ1) is 16.0. The largest absolute Gasteiger partial charge is 0.495 e. The molecule has 2 amide bonds. The summed E-state index contributed by atoms with van der Waals surface area (Å²) in [6.45, 7) is 4.71. The van der Waals surface area contributed by atoms with Gasteiger partial charge in [0.2, 0.25) is 0 Å². The van der Waals surface area contributed by atoms with Gasteiger partial charge in [-0.2, -0.15) is 0 Å². The summed E-state index contributed by atoms with van der Waals surface area (Å²) >= 11 is 0. The van der Waals surface area contributed by atoms with Crippen LogP contribution in [0.4, 0.5) is 5.69 Å². The average molecular weight is 455 g/mol. The van der Waals surface area contributed by atoms with Gasteiger partial charge in [0.1, 0.15) is 5.75 Å². The van der Waals surface area contributed by atoms with Crippen molar-refractivity contribution in [2.45, 2.75) is 6.04 Å². The van der Waals surface area contributed by atoms with Crippen LogP contribution in [-0.4, -0.2) is 93.6 Å². The van der Waals surface area contributed by atoms with Crippen LogP contribution in [0.5, 0.6) is 5.75 Å². The number of amides is 2. The molecule has 1 aromatic carbocycles. The molecule has 1 aliphatic rings. The number of anilines is 1. The van der Waals surface area contributed by atoms with Crippen LogP contribution in [0.3, 0.4) is 0 Å². The van der Waals surface area contributed by atoms with Gasteiger partial charge in [0.25, 0.3) is 0 Å². The molecule has 1 aliphatic heterocycles. The molecule has 2 aromatic rings. The Kier molecular flexibility index (Phi) is 9.03. The zero-order valence-electron chi connectivity index (χ0n) is 19.7. The predicted octanol–water partition coefficient (Wildman–Crippen LogP) is 0.748. The van der Waals surface area contributed by atoms with Gasteiger partial charge in [0.05, 0.1) is 18.8 Å². The van der Waals surface area contributed by atoms with E-state index in [0.717, 1.165) is 43.2 Å². The topological polar surface area (TPSA) is 90.0 Å². The maximum absolute atomic E-state index is 12.4. The second-order valence-electron chi connectivity index (χ2n) is 8.27. The number of hydrogen-bond acceptors (Lipinski definition) is 7. The molecule has 2 N–H and O–H groups in total. The van der Waals surface area contributed by atoms with E-state index in [1.807, 2.05) is 55.5 Å². The number of benzene rings is 1. The third-order valence-electron chi connectivity index (χ3n) is 5.76. The van der Waals surface area contributed by atoms with E-state index < -0.39 is 11.8 Å². The number of carbonyl (C=O) groups is 2. The minimum absolute atomic E-state index is 0.0722. The Morgan fingerprint density at radius 3 is 2.45 bits per heavy atom. The fourth-order valence-electron chi connectivity index (χ4n) is 3.94. The third kappa shape index (κ3) is 6.90. The summed E-state index contributed by atoms with van der Waals surface area (Å²) < 4.78 is 5.52. The van der Waals surface area contributed by atoms with Gasteiger partial charge in [0.15, 0.2) is 0 Å². The molecular formula is C24H34N6O3. The standard InChI is InChI=1S/C24H34N6O3/c1-28(2)12-11-26-23(31)24(32)27-18-21(19-7-6-10-25-17-19)30-15-13-29(14-16-30)20-8-4-5-9-22(20)33-3/h4-10,17,21H,11-16,18H2,1-3H3,(H,26,31)(H,27,32). The quantitative estimate of drug-likeness (QED) is 0.541. The Balaban J connectivity index is 1.61. The molecule has 0 saturated carbocycles. The number of hydrogen-bond donors (Lipinski definition) is 2. The normalized spacial score (nSPS) is 15.2. The summed E-state index contributed by atoms with van der Waals surface area (Å²) in [6.07, 6.45) is 3.55. The SMILES string of the molecule is COc1ccccc1N1CCN(C(CNC(=O)C(=O)NCCN(C)C)c2cccnc2)CC1. The Morgan fingerprint density at radius 2 is 1.79 bits per heavy atom. The summed E-state index contributed by atoms with van der Waals surface area (Å²) in [6, 6.07) is 11.9. The maximum Gasteiger partial charge on any atom is 0.309 e. The van der Waals surface area contributed by atoms with Crippen LogP contribution >= 0.6 is 0 Å². The van der Waals surface area contributed by atoms with Gasteiger partial charge in [0, 0.05) is 58.2 Å². The van der Waals surface area contributed by atoms with Gasteiger partial charge in [-0.3, -0.25) is 19.5 Å². The molecule has 1 atom stereocenters. The highest BCUT2D eigenvalue weighted by atomic mass is 16.5. The lowest BCUT2D eigenvalue weighted by molar-refractivity contribution is -0.139. The van der Waals surface area contributed by atoms with E-state index in [-0.39, 0.29) is 6.04 Å². The number of likely N-dealkylation sites (N-methyl/N-ethyl adjacent to an activating group) is 1. The van der Waals surface area contributed by atoms with Crippen LogP contribution in [-0.2, 0) is 9.59 Å². The second kappa shape index (κ2) is 12.2. The molecule has 2 heterocycles. The van der Waals surface area contributed by atoms with E-state index in [0.29, 0.717) is 19.6 Å². The Bertz CT molecular complexity index is 900. The summed E-state index contributed by atoms with van der Waals surface area (Å²) in [5.41, 5.74) is 2.09. The van der Waals surface area contributed by atoms with E-state index in [1.54, 1.807) is 13.3 Å². The van der Waals surface area contributed by atoms with Crippen molar-refractivity contribution in [3.05, 3.63) is 54.4 Å². The summed E-state index contributed by atoms with van der Waals surface area (Å²) in [4.78, 5) is 35.3. The molecule has 1 fully saturated rings. The van der Waals surface area contributed by atoms with E-state index in [9.17, 15) is 9.59 Å². The monoisotopic (exact) mass is 454 g/mol. The number of para-hydroxylation sites is 2. The van der Waals surface area contributed by atoms with Gasteiger partial charge in [-0.05, 0) is 37.9 Å². The van der Waals surface area contributed by atoms with Crippen LogP contribution in [0, 0.1) is 0 Å². The molecule has 0 spiro atoms. The molecule has 9 nitrogen and oxygen atoms in total. The summed E-state index contributed by atoms with van der Waals surface area (Å²) in [7, 11) is 5.52. The molecule has 0 aliphatic carbocycles. The second-order valence-corrected chi connectivity index (χ2v) is 8.27.